The Hall–Kier alpha value is -9.36. The highest BCUT2D eigenvalue weighted by Gasteiger charge is 2.33. The largest absolute Gasteiger partial charge is 0.497 e. The maximum Gasteiger partial charge on any atom is 0.416 e. The van der Waals surface area contributed by atoms with Crippen molar-refractivity contribution in [3.05, 3.63) is 274 Å². The Morgan fingerprint density at radius 3 is 1.32 bits per heavy atom. The molecule has 446 valence electrons. The van der Waals surface area contributed by atoms with Crippen molar-refractivity contribution in [1.29, 1.82) is 0 Å². The van der Waals surface area contributed by atoms with Crippen molar-refractivity contribution in [2.75, 3.05) is 7.11 Å². The van der Waals surface area contributed by atoms with Gasteiger partial charge in [0.25, 0.3) is 0 Å². The molecule has 0 bridgehead atoms. The second kappa shape index (κ2) is 33.7. The number of ether oxygens (including phenoxy) is 1. The van der Waals surface area contributed by atoms with Crippen LogP contribution < -0.4 is 4.74 Å². The van der Waals surface area contributed by atoms with Crippen LogP contribution >= 0.6 is 0 Å². The number of hydrogen-bond acceptors (Lipinski definition) is 13. The minimum Gasteiger partial charge on any atom is -0.497 e. The quantitative estimate of drug-likeness (QED) is 0.0499. The van der Waals surface area contributed by atoms with Crippen molar-refractivity contribution in [3.63, 3.8) is 0 Å². The number of para-hydroxylation sites is 1. The molecule has 0 saturated heterocycles. The Bertz CT molecular complexity index is 3650. The lowest BCUT2D eigenvalue weighted by Crippen LogP contribution is -2.11. The van der Waals surface area contributed by atoms with Crippen LogP contribution in [0.4, 0.5) is 17.6 Å². The molecule has 0 unspecified atom stereocenters. The van der Waals surface area contributed by atoms with Crippen LogP contribution in [0.1, 0.15) is 66.8 Å². The number of aliphatic hydroxyl groups is 6. The summed E-state index contributed by atoms with van der Waals surface area (Å²) in [7, 11) is 3.47. The molecule has 85 heavy (non-hydrogen) atoms. The normalized spacial score (nSPS) is 10.6. The Labute approximate surface area is 488 Å². The standard InChI is InChI=1S/C12H11F3N2O.C12H14N2O2.C12H14N2O.C11H11FN2O.C10H10N2O.C5H8N2O/c13-12(14,15)11-4-2-1-3-10(11)7-17-6-9(8-18)5-16-17;1-16-12-4-2-3-10(5-12)7-14-8-11(9-15)6-13-14;1-10-2-4-11(5-3-10)7-14-8-12(9-15)6-13-14;12-11-4-2-1-3-10(11)7-14-6-9(8-15)5-13-14;13-8-9-6-11-12(7-9)10-4-2-1-3-5-10;1-7-3-5(4-8)2-6-7/h1-6,18H,7-8H2;2-6,8,15H,7,9H2,1H3;2-6,8,15H,7,9H2,1H3;1-6,15H,7-8H2;1-7,13H,8H2;2-3,8H,4H2,1H3. The van der Waals surface area contributed by atoms with Gasteiger partial charge in [0.05, 0.1) is 121 Å². The lowest BCUT2D eigenvalue weighted by atomic mass is 10.1. The fraction of sp³-hybridized carbons (Fsp3) is 0.226. The number of hydrogen-bond donors (Lipinski definition) is 6. The van der Waals surface area contributed by atoms with Crippen molar-refractivity contribution in [2.45, 2.75) is 78.9 Å². The van der Waals surface area contributed by atoms with Gasteiger partial charge in [0, 0.05) is 83.2 Å². The van der Waals surface area contributed by atoms with E-state index in [2.05, 4.69) is 61.8 Å². The summed E-state index contributed by atoms with van der Waals surface area (Å²) in [5.74, 6) is 0.602. The van der Waals surface area contributed by atoms with E-state index in [0.717, 1.165) is 57.4 Å². The maximum atomic E-state index is 13.3. The summed E-state index contributed by atoms with van der Waals surface area (Å²) < 4.78 is 66.7. The number of aromatic nitrogens is 12. The summed E-state index contributed by atoms with van der Waals surface area (Å²) in [6.07, 6.45) is 15.8. The Morgan fingerprint density at radius 2 is 0.859 bits per heavy atom. The summed E-state index contributed by atoms with van der Waals surface area (Å²) in [6.45, 7) is 3.87. The van der Waals surface area contributed by atoms with Gasteiger partial charge in [0.2, 0.25) is 0 Å². The van der Waals surface area contributed by atoms with E-state index in [1.165, 1.54) is 46.4 Å². The van der Waals surface area contributed by atoms with Gasteiger partial charge in [-0.3, -0.25) is 23.4 Å². The number of benzene rings is 5. The Morgan fingerprint density at radius 1 is 0.424 bits per heavy atom. The van der Waals surface area contributed by atoms with E-state index in [9.17, 15) is 17.6 Å². The lowest BCUT2D eigenvalue weighted by molar-refractivity contribution is -0.138. The molecule has 19 nitrogen and oxygen atoms in total. The van der Waals surface area contributed by atoms with Crippen molar-refractivity contribution < 1.29 is 52.9 Å². The van der Waals surface area contributed by atoms with E-state index in [4.69, 9.17) is 35.4 Å². The molecule has 0 aliphatic carbocycles. The summed E-state index contributed by atoms with van der Waals surface area (Å²) >= 11 is 0. The van der Waals surface area contributed by atoms with Gasteiger partial charge in [0.1, 0.15) is 11.6 Å². The lowest BCUT2D eigenvalue weighted by Gasteiger charge is -2.12. The van der Waals surface area contributed by atoms with E-state index < -0.39 is 11.7 Å². The third-order valence-corrected chi connectivity index (χ3v) is 12.1. The topological polar surface area (TPSA) is 238 Å². The van der Waals surface area contributed by atoms with Crippen LogP contribution in [0.25, 0.3) is 5.69 Å². The minimum atomic E-state index is -4.37. The third-order valence-electron chi connectivity index (χ3n) is 12.1. The van der Waals surface area contributed by atoms with Crippen molar-refractivity contribution in [1.82, 2.24) is 58.7 Å². The van der Waals surface area contributed by atoms with Crippen LogP contribution in [0.2, 0.25) is 0 Å². The zero-order valence-corrected chi connectivity index (χ0v) is 47.1. The Balaban J connectivity index is 0.000000165. The molecule has 0 spiro atoms. The SMILES string of the molecule is COc1cccc(Cn2cc(CO)cn2)c1.Cc1ccc(Cn2cc(CO)cn2)cc1.Cn1cc(CO)cn1.OCc1cnn(-c2ccccc2)c1.OCc1cnn(Cc2ccccc2C(F)(F)F)c1.OCc1cnn(Cc2ccccc2F)c1. The van der Waals surface area contributed by atoms with Crippen LogP contribution in [0.5, 0.6) is 5.75 Å². The molecular weight excluding hydrogens is 1100 g/mol. The predicted molar refractivity (Wildman–Crippen MR) is 310 cm³/mol. The molecule has 0 atom stereocenters. The predicted octanol–water partition coefficient (Wildman–Crippen LogP) is 8.45. The molecule has 0 amide bonds. The summed E-state index contributed by atoms with van der Waals surface area (Å²) in [5, 5.41) is 77.1. The van der Waals surface area contributed by atoms with Gasteiger partial charge >= 0.3 is 6.18 Å². The molecule has 6 N–H and O–H groups in total. The number of rotatable bonds is 16. The van der Waals surface area contributed by atoms with E-state index in [1.54, 1.807) is 93.5 Å². The average Bonchev–Trinajstić information content (AvgIpc) is 4.28. The highest BCUT2D eigenvalue weighted by molar-refractivity contribution is 5.32. The van der Waals surface area contributed by atoms with Crippen LogP contribution in [-0.2, 0) is 79.0 Å². The second-order valence-electron chi connectivity index (χ2n) is 18.9. The third kappa shape index (κ3) is 21.7. The summed E-state index contributed by atoms with van der Waals surface area (Å²) in [4.78, 5) is 0. The van der Waals surface area contributed by atoms with Crippen molar-refractivity contribution >= 4 is 0 Å². The molecule has 11 aromatic rings. The molecule has 0 saturated carbocycles. The molecule has 0 aliphatic rings. The maximum absolute atomic E-state index is 13.3. The number of alkyl halides is 3. The first kappa shape index (κ1) is 64.8. The van der Waals surface area contributed by atoms with Gasteiger partial charge in [-0.1, -0.05) is 96.6 Å². The number of methoxy groups -OCH3 is 1. The average molecular weight is 1170 g/mol. The first-order valence-corrected chi connectivity index (χ1v) is 26.5. The molecule has 5 aromatic carbocycles. The van der Waals surface area contributed by atoms with Gasteiger partial charge in [-0.05, 0) is 60.0 Å². The monoisotopic (exact) mass is 1170 g/mol. The molecule has 0 aliphatic heterocycles. The Kier molecular flexibility index (Phi) is 25.7. The highest BCUT2D eigenvalue weighted by Crippen LogP contribution is 2.32. The van der Waals surface area contributed by atoms with Crippen LogP contribution in [0, 0.1) is 12.7 Å². The minimum absolute atomic E-state index is 0.0235. The van der Waals surface area contributed by atoms with Crippen LogP contribution in [-0.4, -0.2) is 96.4 Å². The van der Waals surface area contributed by atoms with E-state index >= 15 is 0 Å². The molecule has 6 heterocycles. The number of aryl methyl sites for hydroxylation is 2. The smallest absolute Gasteiger partial charge is 0.416 e. The summed E-state index contributed by atoms with van der Waals surface area (Å²) in [5.41, 5.74) is 9.32. The van der Waals surface area contributed by atoms with Gasteiger partial charge < -0.3 is 35.4 Å². The molecule has 0 fully saturated rings. The van der Waals surface area contributed by atoms with E-state index in [1.807, 2.05) is 84.9 Å². The van der Waals surface area contributed by atoms with Crippen LogP contribution in [0.15, 0.2) is 202 Å². The van der Waals surface area contributed by atoms with Gasteiger partial charge in [0.15, 0.2) is 0 Å². The summed E-state index contributed by atoms with van der Waals surface area (Å²) in [6, 6.07) is 38.0. The van der Waals surface area contributed by atoms with E-state index in [0.29, 0.717) is 24.2 Å². The van der Waals surface area contributed by atoms with Gasteiger partial charge in [-0.15, -0.1) is 0 Å². The number of aliphatic hydroxyl groups excluding tert-OH is 6. The number of nitrogens with zero attached hydrogens (tertiary/aromatic N) is 12. The zero-order valence-electron chi connectivity index (χ0n) is 47.1. The fourth-order valence-electron chi connectivity index (χ4n) is 7.76. The van der Waals surface area contributed by atoms with Crippen molar-refractivity contribution in [2.24, 2.45) is 7.05 Å². The van der Waals surface area contributed by atoms with Crippen LogP contribution in [0.3, 0.4) is 0 Å². The molecule has 6 aromatic heterocycles. The highest BCUT2D eigenvalue weighted by atomic mass is 19.4. The first-order chi connectivity index (χ1) is 41.1. The molecular formula is C62H68F4N12O7. The first-order valence-electron chi connectivity index (χ1n) is 26.5. The van der Waals surface area contributed by atoms with Gasteiger partial charge in [-0.2, -0.15) is 43.8 Å². The number of halogens is 4. The van der Waals surface area contributed by atoms with Gasteiger partial charge in [-0.25, -0.2) is 9.07 Å². The second-order valence-corrected chi connectivity index (χ2v) is 18.9. The zero-order chi connectivity index (χ0) is 61.0. The van der Waals surface area contributed by atoms with E-state index in [-0.39, 0.29) is 57.6 Å². The van der Waals surface area contributed by atoms with Crippen molar-refractivity contribution in [3.8, 4) is 11.4 Å². The fourth-order valence-corrected chi connectivity index (χ4v) is 7.76. The molecule has 23 heteroatoms. The molecule has 11 rings (SSSR count). The molecule has 0 radical (unpaired) electrons.